The van der Waals surface area contributed by atoms with E-state index in [1.807, 2.05) is 11.8 Å². The van der Waals surface area contributed by atoms with Crippen molar-refractivity contribution < 1.29 is 13.9 Å². The highest BCUT2D eigenvalue weighted by Crippen LogP contribution is 2.24. The number of aryl methyl sites for hydroxylation is 1. The standard InChI is InChI=1S/C14H20FNO2/c1-5-16(6-7-18-4)14-8-10(2)13(15)9-12(14)11(3)17/h8-9H,5-7H2,1-4H3. The number of hydrogen-bond donors (Lipinski definition) is 0. The summed E-state index contributed by atoms with van der Waals surface area (Å²) in [6.07, 6.45) is 0. The van der Waals surface area contributed by atoms with E-state index in [4.69, 9.17) is 4.74 Å². The lowest BCUT2D eigenvalue weighted by Crippen LogP contribution is -2.28. The Bertz CT molecular complexity index is 432. The lowest BCUT2D eigenvalue weighted by Gasteiger charge is -2.25. The van der Waals surface area contributed by atoms with Crippen molar-refractivity contribution in [3.8, 4) is 0 Å². The number of carbonyl (C=O) groups excluding carboxylic acids is 1. The summed E-state index contributed by atoms with van der Waals surface area (Å²) in [7, 11) is 1.63. The van der Waals surface area contributed by atoms with Crippen molar-refractivity contribution in [3.05, 3.63) is 29.1 Å². The first-order valence-corrected chi connectivity index (χ1v) is 6.06. The highest BCUT2D eigenvalue weighted by molar-refractivity contribution is 5.99. The molecule has 18 heavy (non-hydrogen) atoms. The maximum atomic E-state index is 13.5. The van der Waals surface area contributed by atoms with Crippen LogP contribution in [0.25, 0.3) is 0 Å². The van der Waals surface area contributed by atoms with Gasteiger partial charge >= 0.3 is 0 Å². The fraction of sp³-hybridized carbons (Fsp3) is 0.500. The highest BCUT2D eigenvalue weighted by atomic mass is 19.1. The van der Waals surface area contributed by atoms with Crippen LogP contribution in [0, 0.1) is 12.7 Å². The van der Waals surface area contributed by atoms with Crippen molar-refractivity contribution in [1.82, 2.24) is 0 Å². The first kappa shape index (κ1) is 14.6. The molecule has 0 fully saturated rings. The van der Waals surface area contributed by atoms with E-state index in [9.17, 15) is 9.18 Å². The van der Waals surface area contributed by atoms with Gasteiger partial charge in [-0.25, -0.2) is 4.39 Å². The van der Waals surface area contributed by atoms with Gasteiger partial charge in [0.25, 0.3) is 0 Å². The molecule has 100 valence electrons. The van der Waals surface area contributed by atoms with E-state index < -0.39 is 0 Å². The number of rotatable bonds is 6. The summed E-state index contributed by atoms with van der Waals surface area (Å²) in [5, 5.41) is 0. The van der Waals surface area contributed by atoms with Gasteiger partial charge in [0.1, 0.15) is 5.82 Å². The van der Waals surface area contributed by atoms with Crippen molar-refractivity contribution in [3.63, 3.8) is 0 Å². The molecule has 0 unspecified atom stereocenters. The van der Waals surface area contributed by atoms with Crippen LogP contribution in [0.3, 0.4) is 0 Å². The van der Waals surface area contributed by atoms with Crippen molar-refractivity contribution in [2.24, 2.45) is 0 Å². The van der Waals surface area contributed by atoms with E-state index in [0.29, 0.717) is 24.3 Å². The van der Waals surface area contributed by atoms with Gasteiger partial charge < -0.3 is 9.64 Å². The summed E-state index contributed by atoms with van der Waals surface area (Å²) >= 11 is 0. The molecule has 0 heterocycles. The van der Waals surface area contributed by atoms with E-state index in [1.165, 1.54) is 13.0 Å². The van der Waals surface area contributed by atoms with Gasteiger partial charge in [-0.15, -0.1) is 0 Å². The van der Waals surface area contributed by atoms with Crippen LogP contribution >= 0.6 is 0 Å². The number of anilines is 1. The van der Waals surface area contributed by atoms with E-state index in [2.05, 4.69) is 0 Å². The van der Waals surface area contributed by atoms with Crippen LogP contribution in [0.5, 0.6) is 0 Å². The number of Topliss-reactive ketones (excluding diaryl/α,β-unsaturated/α-hetero) is 1. The third-order valence-electron chi connectivity index (χ3n) is 2.94. The molecule has 0 radical (unpaired) electrons. The molecular formula is C14H20FNO2. The summed E-state index contributed by atoms with van der Waals surface area (Å²) < 4.78 is 18.6. The predicted molar refractivity (Wildman–Crippen MR) is 70.9 cm³/mol. The molecule has 0 bridgehead atoms. The Kier molecular flexibility index (Phi) is 5.28. The van der Waals surface area contributed by atoms with Gasteiger partial charge in [0.15, 0.2) is 5.78 Å². The van der Waals surface area contributed by atoms with Gasteiger partial charge in [-0.1, -0.05) is 0 Å². The zero-order valence-electron chi connectivity index (χ0n) is 11.4. The quantitative estimate of drug-likeness (QED) is 0.730. The monoisotopic (exact) mass is 253 g/mol. The predicted octanol–water partition coefficient (Wildman–Crippen LogP) is 2.81. The second-order valence-corrected chi connectivity index (χ2v) is 4.25. The average molecular weight is 253 g/mol. The Morgan fingerprint density at radius 1 is 1.44 bits per heavy atom. The minimum atomic E-state index is -0.341. The Labute approximate surface area is 108 Å². The fourth-order valence-corrected chi connectivity index (χ4v) is 1.86. The molecule has 0 atom stereocenters. The Hall–Kier alpha value is -1.42. The SMILES string of the molecule is CCN(CCOC)c1cc(C)c(F)cc1C(C)=O. The maximum absolute atomic E-state index is 13.5. The van der Waals surface area contributed by atoms with Gasteiger partial charge in [-0.05, 0) is 38.5 Å². The van der Waals surface area contributed by atoms with Crippen molar-refractivity contribution in [2.75, 3.05) is 31.7 Å². The molecule has 1 aromatic carbocycles. The van der Waals surface area contributed by atoms with Crippen LogP contribution in [-0.4, -0.2) is 32.6 Å². The van der Waals surface area contributed by atoms with Crippen molar-refractivity contribution in [2.45, 2.75) is 20.8 Å². The second-order valence-electron chi connectivity index (χ2n) is 4.25. The molecule has 1 aromatic rings. The van der Waals surface area contributed by atoms with Crippen LogP contribution in [0.2, 0.25) is 0 Å². The van der Waals surface area contributed by atoms with Gasteiger partial charge in [0.05, 0.1) is 6.61 Å². The third kappa shape index (κ3) is 3.29. The van der Waals surface area contributed by atoms with E-state index >= 15 is 0 Å². The number of likely N-dealkylation sites (N-methyl/N-ethyl adjacent to an activating group) is 1. The Morgan fingerprint density at radius 2 is 2.11 bits per heavy atom. The molecule has 0 aliphatic rings. The molecule has 3 nitrogen and oxygen atoms in total. The Morgan fingerprint density at radius 3 is 2.61 bits per heavy atom. The van der Waals surface area contributed by atoms with E-state index in [-0.39, 0.29) is 11.6 Å². The molecule has 0 aromatic heterocycles. The van der Waals surface area contributed by atoms with Crippen molar-refractivity contribution >= 4 is 11.5 Å². The number of hydrogen-bond acceptors (Lipinski definition) is 3. The van der Waals surface area contributed by atoms with Gasteiger partial charge in [0, 0.05) is 31.5 Å². The summed E-state index contributed by atoms with van der Waals surface area (Å²) in [5.41, 5.74) is 1.75. The number of halogens is 1. The molecule has 0 spiro atoms. The van der Waals surface area contributed by atoms with Crippen LogP contribution in [0.1, 0.15) is 29.8 Å². The topological polar surface area (TPSA) is 29.5 Å². The van der Waals surface area contributed by atoms with Crippen LogP contribution in [0.4, 0.5) is 10.1 Å². The number of nitrogens with zero attached hydrogens (tertiary/aromatic N) is 1. The Balaban J connectivity index is 3.18. The lowest BCUT2D eigenvalue weighted by molar-refractivity contribution is 0.101. The fourth-order valence-electron chi connectivity index (χ4n) is 1.86. The summed E-state index contributed by atoms with van der Waals surface area (Å²) in [5.74, 6) is -0.466. The summed E-state index contributed by atoms with van der Waals surface area (Å²) in [6, 6.07) is 3.05. The number of ether oxygens (including phenoxy) is 1. The first-order valence-electron chi connectivity index (χ1n) is 6.06. The van der Waals surface area contributed by atoms with E-state index in [0.717, 1.165) is 12.2 Å². The minimum absolute atomic E-state index is 0.125. The normalized spacial score (nSPS) is 10.5. The molecular weight excluding hydrogens is 233 g/mol. The van der Waals surface area contributed by atoms with Gasteiger partial charge in [-0.3, -0.25) is 4.79 Å². The molecule has 0 saturated carbocycles. The van der Waals surface area contributed by atoms with Crippen LogP contribution in [0.15, 0.2) is 12.1 Å². The van der Waals surface area contributed by atoms with Crippen LogP contribution < -0.4 is 4.90 Å². The second kappa shape index (κ2) is 6.50. The summed E-state index contributed by atoms with van der Waals surface area (Å²) in [6.45, 7) is 7.15. The molecule has 4 heteroatoms. The zero-order chi connectivity index (χ0) is 13.7. The first-order chi connectivity index (χ1) is 8.51. The highest BCUT2D eigenvalue weighted by Gasteiger charge is 2.15. The van der Waals surface area contributed by atoms with Gasteiger partial charge in [0.2, 0.25) is 0 Å². The number of benzene rings is 1. The number of methoxy groups -OCH3 is 1. The van der Waals surface area contributed by atoms with E-state index in [1.54, 1.807) is 20.1 Å². The molecule has 0 amide bonds. The number of carbonyl (C=O) groups is 1. The maximum Gasteiger partial charge on any atom is 0.161 e. The zero-order valence-corrected chi connectivity index (χ0v) is 11.4. The molecule has 1 rings (SSSR count). The number of ketones is 1. The summed E-state index contributed by atoms with van der Waals surface area (Å²) in [4.78, 5) is 13.6. The minimum Gasteiger partial charge on any atom is -0.383 e. The molecule has 0 saturated heterocycles. The molecule has 0 aliphatic heterocycles. The molecule has 0 aliphatic carbocycles. The van der Waals surface area contributed by atoms with Crippen LogP contribution in [-0.2, 0) is 4.74 Å². The molecule has 0 N–H and O–H groups in total. The third-order valence-corrected chi connectivity index (χ3v) is 2.94. The largest absolute Gasteiger partial charge is 0.383 e. The smallest absolute Gasteiger partial charge is 0.161 e. The lowest BCUT2D eigenvalue weighted by atomic mass is 10.0. The van der Waals surface area contributed by atoms with Crippen molar-refractivity contribution in [1.29, 1.82) is 0 Å². The average Bonchev–Trinajstić information content (AvgIpc) is 2.33. The van der Waals surface area contributed by atoms with Gasteiger partial charge in [-0.2, -0.15) is 0 Å².